The van der Waals surface area contributed by atoms with E-state index in [9.17, 15) is 0 Å². The van der Waals surface area contributed by atoms with Crippen LogP contribution in [-0.2, 0) is 7.05 Å². The Morgan fingerprint density at radius 2 is 1.13 bits per heavy atom. The van der Waals surface area contributed by atoms with Gasteiger partial charge >= 0.3 is 0 Å². The zero-order valence-corrected chi connectivity index (χ0v) is 52.3. The molecule has 0 fully saturated rings. The number of nitrogens with zero attached hydrogens (tertiary/aromatic N) is 12. The Kier molecular flexibility index (Phi) is 36.1. The Bertz CT molecular complexity index is 2490. The van der Waals surface area contributed by atoms with Gasteiger partial charge in [-0.2, -0.15) is 31.7 Å². The van der Waals surface area contributed by atoms with Crippen LogP contribution in [0.4, 0.5) is 5.00 Å². The average Bonchev–Trinajstić information content (AvgIpc) is 4.29. The predicted octanol–water partition coefficient (Wildman–Crippen LogP) is 18.2. The van der Waals surface area contributed by atoms with Crippen molar-refractivity contribution in [2.45, 2.75) is 178 Å². The highest BCUT2D eigenvalue weighted by Crippen LogP contribution is 2.30. The van der Waals surface area contributed by atoms with Crippen LogP contribution in [0, 0.1) is 6.57 Å². The number of hydrogen-bond acceptors (Lipinski definition) is 14. The summed E-state index contributed by atoms with van der Waals surface area (Å²) in [4.78, 5) is 21.8. The number of aromatic nitrogens is 12. The van der Waals surface area contributed by atoms with Crippen LogP contribution in [0.25, 0.3) is 4.85 Å². The molecule has 1 N–H and O–H groups in total. The maximum atomic E-state index is 6.73. The third kappa shape index (κ3) is 31.6. The third-order valence-electron chi connectivity index (χ3n) is 11.0. The standard InChI is InChI=1S/C8H9NS.C8H11N.C7H12N2.2C7H10N2.C6H10N2.C6H9NO.2C6H9NS/c1-6(2)7-4-5-8(9-3)10-7;1-7(2)8-4-3-5-9-6-8;1-6(2)7-4-8-9(3)5-7;1-6(2)7-3-8-5-9-4-7;1-6(2)7-3-4-8-9-5-7;2*1-5(2)6-3-7-8-4-6;1-5(2)6-3-7-4-8-6;1-5(2)6-3-7-8-4-6/h4-6H,1-2H3;3-7H,1-2H3;4-6H,1-3H3;2*3-6H,1-2H3;3-5H,1-2H3,(H,7,8);3*3-5H,1-2H3. The quantitative estimate of drug-likeness (QED) is 0.137. The van der Waals surface area contributed by atoms with Crippen molar-refractivity contribution in [3.05, 3.63) is 194 Å². The van der Waals surface area contributed by atoms with Gasteiger partial charge in [0.25, 0.3) is 0 Å². The lowest BCUT2D eigenvalue weighted by molar-refractivity contribution is 0.418. The van der Waals surface area contributed by atoms with Crippen molar-refractivity contribution in [2.24, 2.45) is 7.05 Å². The lowest BCUT2D eigenvalue weighted by Crippen LogP contribution is -1.88. The highest BCUT2D eigenvalue weighted by atomic mass is 32.1. The lowest BCUT2D eigenvalue weighted by Gasteiger charge is -2.00. The number of hydrogen-bond donors (Lipinski definition) is 1. The number of rotatable bonds is 9. The maximum absolute atomic E-state index is 6.73. The van der Waals surface area contributed by atoms with Crippen LogP contribution in [-0.4, -0.2) is 59.6 Å². The molecule has 17 heteroatoms. The summed E-state index contributed by atoms with van der Waals surface area (Å²) < 4.78 is 10.4. The largest absolute Gasteiger partial charge is 0.364 e. The summed E-state index contributed by atoms with van der Waals surface area (Å²) in [5.74, 6) is 5.23. The number of H-pyrrole nitrogens is 1. The number of aromatic amines is 1. The molecule has 0 radical (unpaired) electrons. The van der Waals surface area contributed by atoms with Crippen molar-refractivity contribution >= 4 is 39.2 Å². The van der Waals surface area contributed by atoms with Gasteiger partial charge in [0.1, 0.15) is 12.6 Å². The summed E-state index contributed by atoms with van der Waals surface area (Å²) in [6, 6.07) is 9.96. The first-order chi connectivity index (χ1) is 37.1. The minimum Gasteiger partial charge on any atom is -0.364 e. The molecule has 9 heterocycles. The first-order valence-electron chi connectivity index (χ1n) is 26.6. The first-order valence-corrected chi connectivity index (χ1v) is 29.1. The van der Waals surface area contributed by atoms with Gasteiger partial charge in [-0.1, -0.05) is 142 Å². The zero-order chi connectivity index (χ0) is 58.4. The number of thiazole rings is 1. The van der Waals surface area contributed by atoms with E-state index in [0.717, 1.165) is 10.6 Å². The summed E-state index contributed by atoms with van der Waals surface area (Å²) in [6.07, 6.45) is 27.4. The number of pyridine rings is 1. The molecule has 9 aromatic rings. The molecule has 0 atom stereocenters. The fraction of sp³-hybridized carbons (Fsp3) is 0.459. The van der Waals surface area contributed by atoms with Crippen molar-refractivity contribution in [1.29, 1.82) is 0 Å². The smallest absolute Gasteiger partial charge is 0.241 e. The fourth-order valence-electron chi connectivity index (χ4n) is 5.50. The van der Waals surface area contributed by atoms with Crippen LogP contribution in [0.2, 0.25) is 0 Å². The molecule has 422 valence electrons. The van der Waals surface area contributed by atoms with Gasteiger partial charge in [0.2, 0.25) is 5.00 Å². The van der Waals surface area contributed by atoms with Crippen LogP contribution >= 0.6 is 34.2 Å². The Morgan fingerprint density at radius 1 is 0.526 bits per heavy atom. The summed E-state index contributed by atoms with van der Waals surface area (Å²) in [6.45, 7) is 45.4. The SMILES string of the molecule is CC(C)c1cccnc1.CC(C)c1ccnnc1.CC(C)c1cn[nH]c1.CC(C)c1cncnc1.CC(C)c1cncs1.CC(C)c1cnn(C)c1.CC(C)c1cnoc1.CC(C)c1cnsc1.[C-]#[N+]c1ccc(C(C)C)s1. The van der Waals surface area contributed by atoms with Crippen molar-refractivity contribution in [1.82, 2.24) is 59.6 Å². The molecule has 78 heavy (non-hydrogen) atoms. The molecule has 9 aromatic heterocycles. The monoisotopic (exact) mass is 1120 g/mol. The lowest BCUT2D eigenvalue weighted by atomic mass is 10.1. The molecule has 0 bridgehead atoms. The van der Waals surface area contributed by atoms with E-state index in [-0.39, 0.29) is 0 Å². The summed E-state index contributed by atoms with van der Waals surface area (Å²) in [5.41, 5.74) is 10.7. The average molecular weight is 1120 g/mol. The van der Waals surface area contributed by atoms with E-state index in [4.69, 9.17) is 6.57 Å². The van der Waals surface area contributed by atoms with Gasteiger partial charge in [0.15, 0.2) is 0 Å². The van der Waals surface area contributed by atoms with E-state index in [1.807, 2.05) is 97.3 Å². The molecular formula is C61H89N13OS3. The minimum atomic E-state index is 0.529. The van der Waals surface area contributed by atoms with Gasteiger partial charge in [-0.25, -0.2) is 19.2 Å². The van der Waals surface area contributed by atoms with Crippen LogP contribution in [0.5, 0.6) is 0 Å². The molecular weight excluding hydrogens is 1030 g/mol. The van der Waals surface area contributed by atoms with Gasteiger partial charge < -0.3 is 4.52 Å². The number of nitrogens with one attached hydrogen (secondary N) is 1. The molecule has 0 aliphatic rings. The molecule has 0 aromatic carbocycles. The molecule has 0 amide bonds. The third-order valence-corrected chi connectivity index (χ3v) is 14.0. The normalized spacial score (nSPS) is 10.2. The Morgan fingerprint density at radius 3 is 1.41 bits per heavy atom. The van der Waals surface area contributed by atoms with Gasteiger partial charge in [0, 0.05) is 78.6 Å². The number of thiophene rings is 1. The first kappa shape index (κ1) is 69.4. The van der Waals surface area contributed by atoms with Gasteiger partial charge in [-0.15, -0.1) is 11.3 Å². The minimum absolute atomic E-state index is 0.529. The van der Waals surface area contributed by atoms with Crippen molar-refractivity contribution in [2.75, 3.05) is 0 Å². The van der Waals surface area contributed by atoms with Crippen LogP contribution in [0.1, 0.15) is 227 Å². The Balaban J connectivity index is 0.000000439. The van der Waals surface area contributed by atoms with Crippen LogP contribution < -0.4 is 0 Å². The molecule has 0 spiro atoms. The second kappa shape index (κ2) is 40.6. The van der Waals surface area contributed by atoms with E-state index in [2.05, 4.69) is 200 Å². The van der Waals surface area contributed by atoms with E-state index in [1.54, 1.807) is 60.1 Å². The van der Waals surface area contributed by atoms with Gasteiger partial charge in [-0.05, 0) is 121 Å². The molecule has 0 saturated heterocycles. The van der Waals surface area contributed by atoms with Gasteiger partial charge in [-0.3, -0.25) is 19.7 Å². The summed E-state index contributed by atoms with van der Waals surface area (Å²) in [7, 11) is 1.94. The van der Waals surface area contributed by atoms with Crippen LogP contribution in [0.15, 0.2) is 139 Å². The fourth-order valence-corrected chi connectivity index (χ4v) is 7.63. The Labute approximate surface area is 480 Å². The van der Waals surface area contributed by atoms with Crippen molar-refractivity contribution in [3.63, 3.8) is 0 Å². The highest BCUT2D eigenvalue weighted by Gasteiger charge is 2.03. The highest BCUT2D eigenvalue weighted by molar-refractivity contribution is 7.16. The molecule has 9 rings (SSSR count). The van der Waals surface area contributed by atoms with E-state index < -0.39 is 0 Å². The van der Waals surface area contributed by atoms with E-state index in [0.29, 0.717) is 53.3 Å². The topological polar surface area (TPSA) is 167 Å². The molecule has 14 nitrogen and oxygen atoms in total. The maximum Gasteiger partial charge on any atom is 0.241 e. The Hall–Kier alpha value is -6.61. The van der Waals surface area contributed by atoms with E-state index >= 15 is 0 Å². The zero-order valence-electron chi connectivity index (χ0n) is 49.9. The molecule has 0 saturated carbocycles. The second-order valence-corrected chi connectivity index (χ2v) is 23.3. The van der Waals surface area contributed by atoms with Crippen molar-refractivity contribution < 1.29 is 4.52 Å². The van der Waals surface area contributed by atoms with Crippen molar-refractivity contribution in [3.8, 4) is 0 Å². The second-order valence-electron chi connectivity index (χ2n) is 20.6. The molecule has 0 aliphatic heterocycles. The van der Waals surface area contributed by atoms with E-state index in [1.165, 1.54) is 54.7 Å². The molecule has 0 unspecified atom stereocenters. The number of aryl methyl sites for hydroxylation is 1. The molecule has 0 aliphatic carbocycles. The summed E-state index contributed by atoms with van der Waals surface area (Å²) >= 11 is 4.82. The predicted molar refractivity (Wildman–Crippen MR) is 328 cm³/mol. The van der Waals surface area contributed by atoms with Crippen LogP contribution in [0.3, 0.4) is 0 Å². The summed E-state index contributed by atoms with van der Waals surface area (Å²) in [5, 5.41) is 24.5. The van der Waals surface area contributed by atoms with Gasteiger partial charge in [0.05, 0.1) is 36.9 Å².